The van der Waals surface area contributed by atoms with Gasteiger partial charge in [0.15, 0.2) is 5.03 Å². The maximum Gasteiger partial charge on any atom is 0.260 e. The van der Waals surface area contributed by atoms with Crippen molar-refractivity contribution in [2.45, 2.75) is 10.9 Å². The smallest absolute Gasteiger partial charge is 0.260 e. The number of aliphatic hydroxyl groups is 1. The Labute approximate surface area is 121 Å². The molecule has 0 unspecified atom stereocenters. The van der Waals surface area contributed by atoms with Gasteiger partial charge in [0.2, 0.25) is 0 Å². The molecule has 0 bridgehead atoms. The molecule has 2 aromatic heterocycles. The highest BCUT2D eigenvalue weighted by Gasteiger charge is 2.40. The molecule has 8 heteroatoms. The molecule has 6 nitrogen and oxygen atoms in total. The first kappa shape index (κ1) is 13.7. The van der Waals surface area contributed by atoms with Gasteiger partial charge in [0.25, 0.3) is 10.0 Å². The minimum absolute atomic E-state index is 0.0183. The van der Waals surface area contributed by atoms with E-state index in [0.29, 0.717) is 13.1 Å². The van der Waals surface area contributed by atoms with Gasteiger partial charge in [0.05, 0.1) is 12.5 Å². The molecule has 1 aliphatic rings. The summed E-state index contributed by atoms with van der Waals surface area (Å²) >= 11 is 1.58. The number of H-pyrrole nitrogens is 1. The lowest BCUT2D eigenvalue weighted by Crippen LogP contribution is -2.29. The van der Waals surface area contributed by atoms with E-state index in [2.05, 4.69) is 9.97 Å². The summed E-state index contributed by atoms with van der Waals surface area (Å²) in [5.41, 5.74) is 1.09. The average Bonchev–Trinajstić information content (AvgIpc) is 3.18. The Hall–Kier alpha value is -1.22. The van der Waals surface area contributed by atoms with Crippen LogP contribution in [0, 0.1) is 5.92 Å². The van der Waals surface area contributed by atoms with Gasteiger partial charge in [-0.25, -0.2) is 13.4 Å². The molecule has 1 fully saturated rings. The zero-order valence-electron chi connectivity index (χ0n) is 10.6. The molecule has 1 saturated heterocycles. The highest BCUT2D eigenvalue weighted by molar-refractivity contribution is 7.89. The van der Waals surface area contributed by atoms with Crippen LogP contribution < -0.4 is 0 Å². The fourth-order valence-electron chi connectivity index (χ4n) is 2.60. The molecule has 0 saturated carbocycles. The number of sulfonamides is 1. The Morgan fingerprint density at radius 2 is 2.35 bits per heavy atom. The average molecular weight is 313 g/mol. The molecule has 0 spiro atoms. The number of hydrogen-bond donors (Lipinski definition) is 2. The topological polar surface area (TPSA) is 86.3 Å². The molecular formula is C12H15N3O3S2. The van der Waals surface area contributed by atoms with Gasteiger partial charge < -0.3 is 10.1 Å². The second-order valence-corrected chi connectivity index (χ2v) is 7.53. The van der Waals surface area contributed by atoms with Gasteiger partial charge >= 0.3 is 0 Å². The highest BCUT2D eigenvalue weighted by Crippen LogP contribution is 2.35. The fraction of sp³-hybridized carbons (Fsp3) is 0.417. The van der Waals surface area contributed by atoms with E-state index in [1.54, 1.807) is 11.3 Å². The van der Waals surface area contributed by atoms with Crippen molar-refractivity contribution in [3.05, 3.63) is 34.9 Å². The third-order valence-electron chi connectivity index (χ3n) is 3.70. The van der Waals surface area contributed by atoms with E-state index >= 15 is 0 Å². The summed E-state index contributed by atoms with van der Waals surface area (Å²) in [6, 6.07) is 1.99. The Morgan fingerprint density at radius 1 is 1.50 bits per heavy atom. The third kappa shape index (κ3) is 2.28. The van der Waals surface area contributed by atoms with Crippen LogP contribution in [0.2, 0.25) is 0 Å². The van der Waals surface area contributed by atoms with Crippen molar-refractivity contribution in [2.24, 2.45) is 5.92 Å². The van der Waals surface area contributed by atoms with Gasteiger partial charge in [-0.15, -0.1) is 0 Å². The number of aromatic amines is 1. The van der Waals surface area contributed by atoms with Crippen molar-refractivity contribution in [1.82, 2.24) is 14.3 Å². The van der Waals surface area contributed by atoms with Crippen LogP contribution >= 0.6 is 11.3 Å². The van der Waals surface area contributed by atoms with E-state index < -0.39 is 10.0 Å². The van der Waals surface area contributed by atoms with Crippen LogP contribution in [0.3, 0.4) is 0 Å². The molecule has 2 N–H and O–H groups in total. The predicted molar refractivity (Wildman–Crippen MR) is 75.0 cm³/mol. The minimum Gasteiger partial charge on any atom is -0.396 e. The first-order valence-corrected chi connectivity index (χ1v) is 8.62. The predicted octanol–water partition coefficient (Wildman–Crippen LogP) is 0.868. The molecule has 0 aromatic carbocycles. The zero-order valence-corrected chi connectivity index (χ0v) is 12.3. The lowest BCUT2D eigenvalue weighted by molar-refractivity contribution is 0.223. The van der Waals surface area contributed by atoms with Crippen molar-refractivity contribution in [3.8, 4) is 0 Å². The fourth-order valence-corrected chi connectivity index (χ4v) is 4.74. The van der Waals surface area contributed by atoms with Crippen LogP contribution in [0.15, 0.2) is 34.4 Å². The molecule has 0 radical (unpaired) electrons. The number of imidazole rings is 1. The molecule has 0 aliphatic carbocycles. The lowest BCUT2D eigenvalue weighted by atomic mass is 9.92. The number of rotatable bonds is 4. The van der Waals surface area contributed by atoms with Crippen LogP contribution in [0.25, 0.3) is 0 Å². The molecular weight excluding hydrogens is 298 g/mol. The van der Waals surface area contributed by atoms with E-state index in [4.69, 9.17) is 0 Å². The summed E-state index contributed by atoms with van der Waals surface area (Å²) in [6.45, 7) is 0.706. The number of hydrogen-bond acceptors (Lipinski definition) is 5. The maximum atomic E-state index is 12.4. The van der Waals surface area contributed by atoms with Crippen molar-refractivity contribution >= 4 is 21.4 Å². The van der Waals surface area contributed by atoms with Crippen LogP contribution in [0.4, 0.5) is 0 Å². The zero-order chi connectivity index (χ0) is 14.2. The number of aliphatic hydroxyl groups excluding tert-OH is 1. The van der Waals surface area contributed by atoms with Crippen molar-refractivity contribution in [2.75, 3.05) is 19.7 Å². The lowest BCUT2D eigenvalue weighted by Gasteiger charge is -2.14. The van der Waals surface area contributed by atoms with Crippen molar-refractivity contribution in [3.63, 3.8) is 0 Å². The van der Waals surface area contributed by atoms with E-state index in [1.165, 1.54) is 16.8 Å². The second kappa shape index (κ2) is 5.28. The monoisotopic (exact) mass is 313 g/mol. The summed E-state index contributed by atoms with van der Waals surface area (Å²) in [5.74, 6) is -0.0220. The first-order valence-electron chi connectivity index (χ1n) is 6.24. The van der Waals surface area contributed by atoms with Crippen molar-refractivity contribution in [1.29, 1.82) is 0 Å². The molecule has 108 valence electrons. The summed E-state index contributed by atoms with van der Waals surface area (Å²) in [4.78, 5) is 6.39. The van der Waals surface area contributed by atoms with Crippen LogP contribution in [0.5, 0.6) is 0 Å². The van der Waals surface area contributed by atoms with Crippen LogP contribution in [-0.4, -0.2) is 47.5 Å². The summed E-state index contributed by atoms with van der Waals surface area (Å²) < 4.78 is 26.3. The normalized spacial score (nSPS) is 24.2. The summed E-state index contributed by atoms with van der Waals surface area (Å²) in [5, 5.41) is 13.6. The molecule has 0 amide bonds. The SMILES string of the molecule is O=S(=O)(c1cnc[nH]1)N1C[C@@H](CO)[C@@H](c2ccsc2)C1. The number of nitrogens with one attached hydrogen (secondary N) is 1. The Balaban J connectivity index is 1.87. The van der Waals surface area contributed by atoms with E-state index in [-0.39, 0.29) is 23.5 Å². The first-order chi connectivity index (χ1) is 9.63. The second-order valence-electron chi connectivity index (χ2n) is 4.84. The number of nitrogens with zero attached hydrogens (tertiary/aromatic N) is 2. The molecule has 1 aliphatic heterocycles. The largest absolute Gasteiger partial charge is 0.396 e. The van der Waals surface area contributed by atoms with Crippen molar-refractivity contribution < 1.29 is 13.5 Å². The maximum absolute atomic E-state index is 12.4. The van der Waals surface area contributed by atoms with Gasteiger partial charge in [-0.05, 0) is 22.4 Å². The quantitative estimate of drug-likeness (QED) is 0.877. The Kier molecular flexibility index (Phi) is 3.63. The Bertz CT molecular complexity index is 652. The molecule has 2 aromatic rings. The molecule has 2 atom stereocenters. The van der Waals surface area contributed by atoms with Crippen LogP contribution in [0.1, 0.15) is 11.5 Å². The van der Waals surface area contributed by atoms with Gasteiger partial charge in [-0.1, -0.05) is 0 Å². The molecule has 3 rings (SSSR count). The number of thiophene rings is 1. The van der Waals surface area contributed by atoms with Crippen LogP contribution in [-0.2, 0) is 10.0 Å². The standard InChI is InChI=1S/C12H15N3O3S2/c16-6-10-4-15(5-11(10)9-1-2-19-7-9)20(17,18)12-3-13-8-14-12/h1-3,7-8,10-11,16H,4-6H2,(H,13,14)/t10-,11+/m0/s1. The molecule has 3 heterocycles. The number of aromatic nitrogens is 2. The van der Waals surface area contributed by atoms with E-state index in [1.807, 2.05) is 16.8 Å². The van der Waals surface area contributed by atoms with E-state index in [9.17, 15) is 13.5 Å². The minimum atomic E-state index is -3.55. The van der Waals surface area contributed by atoms with Gasteiger partial charge in [-0.2, -0.15) is 15.6 Å². The van der Waals surface area contributed by atoms with E-state index in [0.717, 1.165) is 5.56 Å². The molecule has 20 heavy (non-hydrogen) atoms. The Morgan fingerprint density at radius 3 is 2.95 bits per heavy atom. The third-order valence-corrected chi connectivity index (χ3v) is 6.16. The highest BCUT2D eigenvalue weighted by atomic mass is 32.2. The van der Waals surface area contributed by atoms with Gasteiger partial charge in [-0.3, -0.25) is 0 Å². The summed E-state index contributed by atoms with van der Waals surface area (Å²) in [6.07, 6.45) is 2.66. The van der Waals surface area contributed by atoms with Gasteiger partial charge in [0, 0.05) is 31.5 Å². The summed E-state index contributed by atoms with van der Waals surface area (Å²) in [7, 11) is -3.55. The van der Waals surface area contributed by atoms with Gasteiger partial charge in [0.1, 0.15) is 0 Å².